The quantitative estimate of drug-likeness (QED) is 0.731. The maximum absolute atomic E-state index is 13.1. The first-order valence-corrected chi connectivity index (χ1v) is 8.80. The number of hydrogen-bond donors (Lipinski definition) is 1. The van der Waals surface area contributed by atoms with Gasteiger partial charge in [-0.2, -0.15) is 13.2 Å². The van der Waals surface area contributed by atoms with Crippen molar-refractivity contribution in [2.75, 3.05) is 19.8 Å². The molecule has 1 fully saturated rings. The number of benzene rings is 2. The molecule has 0 aromatic heterocycles. The summed E-state index contributed by atoms with van der Waals surface area (Å²) in [6.45, 7) is 1.18. The number of alkyl halides is 3. The highest BCUT2D eigenvalue weighted by Gasteiger charge is 2.31. The Morgan fingerprint density at radius 2 is 1.89 bits per heavy atom. The lowest BCUT2D eigenvalue weighted by Crippen LogP contribution is -2.43. The first kappa shape index (κ1) is 20.1. The van der Waals surface area contributed by atoms with Crippen LogP contribution in [0.15, 0.2) is 42.5 Å². The molecular formula is C19H18ClF4NO2. The van der Waals surface area contributed by atoms with E-state index in [1.54, 1.807) is 12.1 Å². The van der Waals surface area contributed by atoms with Crippen molar-refractivity contribution >= 4 is 11.6 Å². The summed E-state index contributed by atoms with van der Waals surface area (Å²) in [5, 5.41) is 3.50. The Morgan fingerprint density at radius 3 is 2.59 bits per heavy atom. The van der Waals surface area contributed by atoms with E-state index >= 15 is 0 Å². The highest BCUT2D eigenvalue weighted by atomic mass is 35.5. The third kappa shape index (κ3) is 5.19. The van der Waals surface area contributed by atoms with Gasteiger partial charge in [0.2, 0.25) is 0 Å². The van der Waals surface area contributed by atoms with Crippen molar-refractivity contribution in [1.82, 2.24) is 5.32 Å². The molecule has 1 aliphatic heterocycles. The molecular weight excluding hydrogens is 386 g/mol. The Morgan fingerprint density at radius 1 is 1.15 bits per heavy atom. The summed E-state index contributed by atoms with van der Waals surface area (Å²) in [6.07, 6.45) is -4.85. The van der Waals surface area contributed by atoms with Gasteiger partial charge in [0, 0.05) is 11.6 Å². The minimum absolute atomic E-state index is 0.130. The van der Waals surface area contributed by atoms with Crippen LogP contribution >= 0.6 is 11.6 Å². The van der Waals surface area contributed by atoms with Crippen LogP contribution in [0.4, 0.5) is 17.6 Å². The zero-order valence-electron chi connectivity index (χ0n) is 14.2. The molecule has 0 radical (unpaired) electrons. The second-order valence-electron chi connectivity index (χ2n) is 6.15. The maximum atomic E-state index is 13.1. The summed E-state index contributed by atoms with van der Waals surface area (Å²) < 4.78 is 63.0. The predicted octanol–water partition coefficient (Wildman–Crippen LogP) is 4.74. The Kier molecular flexibility index (Phi) is 6.37. The highest BCUT2D eigenvalue weighted by molar-refractivity contribution is 6.31. The maximum Gasteiger partial charge on any atom is 0.416 e. The van der Waals surface area contributed by atoms with Crippen LogP contribution in [0, 0.1) is 5.82 Å². The van der Waals surface area contributed by atoms with Crippen molar-refractivity contribution in [3.63, 3.8) is 0 Å². The third-order valence-electron chi connectivity index (χ3n) is 4.28. The lowest BCUT2D eigenvalue weighted by molar-refractivity contribution is -0.176. The van der Waals surface area contributed by atoms with Crippen LogP contribution in [0.25, 0.3) is 0 Å². The Balaban J connectivity index is 1.64. The van der Waals surface area contributed by atoms with E-state index in [4.69, 9.17) is 21.1 Å². The minimum atomic E-state index is -4.43. The van der Waals surface area contributed by atoms with E-state index in [0.717, 1.165) is 17.7 Å². The molecule has 1 N–H and O–H groups in total. The molecule has 2 aromatic rings. The fourth-order valence-electron chi connectivity index (χ4n) is 2.90. The molecule has 1 saturated heterocycles. The molecule has 0 amide bonds. The van der Waals surface area contributed by atoms with Crippen LogP contribution < -0.4 is 5.32 Å². The largest absolute Gasteiger partial charge is 0.416 e. The Labute approximate surface area is 159 Å². The molecule has 0 bridgehead atoms. The summed E-state index contributed by atoms with van der Waals surface area (Å²) >= 11 is 6.01. The van der Waals surface area contributed by atoms with E-state index in [1.165, 1.54) is 18.2 Å². The number of rotatable bonds is 5. The number of hydrogen-bond acceptors (Lipinski definition) is 3. The first-order chi connectivity index (χ1) is 12.8. The number of nitrogens with one attached hydrogen (secondary N) is 1. The van der Waals surface area contributed by atoms with Gasteiger partial charge >= 0.3 is 6.18 Å². The van der Waals surface area contributed by atoms with Gasteiger partial charge in [0.1, 0.15) is 5.82 Å². The normalized spacial score (nSPS) is 20.6. The predicted molar refractivity (Wildman–Crippen MR) is 93.0 cm³/mol. The number of morpholine rings is 1. The number of ether oxygens (including phenoxy) is 2. The molecule has 1 aliphatic rings. The monoisotopic (exact) mass is 403 g/mol. The number of halogens is 5. The molecule has 146 valence electrons. The topological polar surface area (TPSA) is 30.5 Å². The van der Waals surface area contributed by atoms with Gasteiger partial charge in [-0.3, -0.25) is 0 Å². The summed E-state index contributed by atoms with van der Waals surface area (Å²) in [7, 11) is 0. The van der Waals surface area contributed by atoms with E-state index in [0.29, 0.717) is 18.7 Å². The standard InChI is InChI=1S/C19H18ClF4NO2/c20-16-6-3-14(19(22,23)24)11-13(16)7-9-26-18-17(25-8-10-27-18)12-1-4-15(21)5-2-12/h1-6,11,17-18,25H,7-10H2/t17-,18+/m0/s1. The van der Waals surface area contributed by atoms with E-state index in [-0.39, 0.29) is 29.9 Å². The van der Waals surface area contributed by atoms with Crippen LogP contribution in [0.2, 0.25) is 5.02 Å². The first-order valence-electron chi connectivity index (χ1n) is 8.42. The average molecular weight is 404 g/mol. The molecule has 1 heterocycles. The van der Waals surface area contributed by atoms with Crippen LogP contribution in [0.3, 0.4) is 0 Å². The molecule has 0 spiro atoms. The molecule has 0 saturated carbocycles. The van der Waals surface area contributed by atoms with Crippen LogP contribution in [-0.4, -0.2) is 26.0 Å². The van der Waals surface area contributed by atoms with E-state index in [2.05, 4.69) is 5.32 Å². The van der Waals surface area contributed by atoms with Crippen LogP contribution in [-0.2, 0) is 22.1 Å². The molecule has 27 heavy (non-hydrogen) atoms. The fourth-order valence-corrected chi connectivity index (χ4v) is 3.11. The molecule has 2 aromatic carbocycles. The molecule has 2 atom stereocenters. The fraction of sp³-hybridized carbons (Fsp3) is 0.368. The van der Waals surface area contributed by atoms with Gasteiger partial charge in [-0.1, -0.05) is 23.7 Å². The Hall–Kier alpha value is -1.67. The Bertz CT molecular complexity index is 767. The molecule has 8 heteroatoms. The molecule has 3 rings (SSSR count). The second-order valence-corrected chi connectivity index (χ2v) is 6.55. The summed E-state index contributed by atoms with van der Waals surface area (Å²) in [5.41, 5.74) is 0.411. The van der Waals surface area contributed by atoms with Gasteiger partial charge in [-0.15, -0.1) is 0 Å². The second kappa shape index (κ2) is 8.56. The summed E-state index contributed by atoms with van der Waals surface area (Å²) in [5.74, 6) is -0.341. The summed E-state index contributed by atoms with van der Waals surface area (Å²) in [6, 6.07) is 8.91. The van der Waals surface area contributed by atoms with Crippen molar-refractivity contribution < 1.29 is 27.0 Å². The van der Waals surface area contributed by atoms with Gasteiger partial charge in [0.25, 0.3) is 0 Å². The lowest BCUT2D eigenvalue weighted by Gasteiger charge is -2.33. The minimum Gasteiger partial charge on any atom is -0.350 e. The zero-order chi connectivity index (χ0) is 19.4. The van der Waals surface area contributed by atoms with Gasteiger partial charge in [-0.05, 0) is 47.9 Å². The van der Waals surface area contributed by atoms with Crippen molar-refractivity contribution in [3.8, 4) is 0 Å². The highest BCUT2D eigenvalue weighted by Crippen LogP contribution is 2.32. The van der Waals surface area contributed by atoms with Gasteiger partial charge in [-0.25, -0.2) is 4.39 Å². The van der Waals surface area contributed by atoms with Crippen molar-refractivity contribution in [2.24, 2.45) is 0 Å². The smallest absolute Gasteiger partial charge is 0.350 e. The van der Waals surface area contributed by atoms with Gasteiger partial charge in [0.05, 0.1) is 24.8 Å². The van der Waals surface area contributed by atoms with E-state index in [1.807, 2.05) is 0 Å². The summed E-state index contributed by atoms with van der Waals surface area (Å²) in [4.78, 5) is 0. The van der Waals surface area contributed by atoms with Crippen LogP contribution in [0.1, 0.15) is 22.7 Å². The molecule has 3 nitrogen and oxygen atoms in total. The van der Waals surface area contributed by atoms with Gasteiger partial charge < -0.3 is 14.8 Å². The zero-order valence-corrected chi connectivity index (χ0v) is 15.0. The average Bonchev–Trinajstić information content (AvgIpc) is 2.63. The lowest BCUT2D eigenvalue weighted by atomic mass is 10.1. The van der Waals surface area contributed by atoms with E-state index in [9.17, 15) is 17.6 Å². The third-order valence-corrected chi connectivity index (χ3v) is 4.65. The van der Waals surface area contributed by atoms with Crippen molar-refractivity contribution in [3.05, 3.63) is 70.0 Å². The molecule has 0 unspecified atom stereocenters. The SMILES string of the molecule is Fc1ccc([C@@H]2NCCO[C@H]2OCCc2cc(C(F)(F)F)ccc2Cl)cc1. The van der Waals surface area contributed by atoms with E-state index < -0.39 is 18.0 Å². The van der Waals surface area contributed by atoms with Crippen molar-refractivity contribution in [2.45, 2.75) is 24.9 Å². The van der Waals surface area contributed by atoms with Crippen molar-refractivity contribution in [1.29, 1.82) is 0 Å². The van der Waals surface area contributed by atoms with Gasteiger partial charge in [0.15, 0.2) is 6.29 Å². The van der Waals surface area contributed by atoms with Crippen LogP contribution in [0.5, 0.6) is 0 Å². The molecule has 0 aliphatic carbocycles.